The summed E-state index contributed by atoms with van der Waals surface area (Å²) in [6, 6.07) is 22.0. The number of aromatic nitrogens is 1. The highest BCUT2D eigenvalue weighted by Gasteiger charge is 2.12. The molecule has 4 aromatic rings. The molecule has 0 unspecified atom stereocenters. The number of hydrogen-bond acceptors (Lipinski definition) is 0. The van der Waals surface area contributed by atoms with Gasteiger partial charge in [0.2, 0.25) is 0 Å². The van der Waals surface area contributed by atoms with Crippen molar-refractivity contribution in [2.24, 2.45) is 0 Å². The fourth-order valence-electron chi connectivity index (χ4n) is 3.44. The van der Waals surface area contributed by atoms with Crippen LogP contribution in [0.1, 0.15) is 25.3 Å². The summed E-state index contributed by atoms with van der Waals surface area (Å²) >= 11 is 7.23. The molecule has 0 radical (unpaired) electrons. The van der Waals surface area contributed by atoms with Crippen LogP contribution >= 0.6 is 31.9 Å². The smallest absolute Gasteiger partial charge is 0.0541 e. The number of benzene rings is 3. The highest BCUT2D eigenvalue weighted by Crippen LogP contribution is 2.35. The molecule has 0 aliphatic rings. The summed E-state index contributed by atoms with van der Waals surface area (Å²) in [6.45, 7) is 2.24. The Kier molecular flexibility index (Phi) is 4.70. The zero-order valence-corrected chi connectivity index (χ0v) is 17.3. The van der Waals surface area contributed by atoms with Crippen LogP contribution in [0.3, 0.4) is 0 Å². The van der Waals surface area contributed by atoms with Crippen LogP contribution in [-0.4, -0.2) is 4.57 Å². The Balaban J connectivity index is 1.93. The van der Waals surface area contributed by atoms with Crippen molar-refractivity contribution in [3.63, 3.8) is 0 Å². The molecule has 1 heterocycles. The molecule has 0 saturated carbocycles. The van der Waals surface area contributed by atoms with Gasteiger partial charge in [-0.1, -0.05) is 57.3 Å². The van der Waals surface area contributed by atoms with E-state index in [9.17, 15) is 0 Å². The van der Waals surface area contributed by atoms with Gasteiger partial charge in [-0.3, -0.25) is 0 Å². The molecule has 0 fully saturated rings. The summed E-state index contributed by atoms with van der Waals surface area (Å²) in [5, 5.41) is 2.53. The van der Waals surface area contributed by atoms with E-state index in [2.05, 4.69) is 104 Å². The minimum absolute atomic E-state index is 1.11. The number of nitrogens with zero attached hydrogens (tertiary/aromatic N) is 1. The third-order valence-electron chi connectivity index (χ3n) is 4.70. The molecule has 3 aromatic carbocycles. The largest absolute Gasteiger partial charge is 0.309 e. The predicted molar refractivity (Wildman–Crippen MR) is 115 cm³/mol. The van der Waals surface area contributed by atoms with Crippen molar-refractivity contribution in [1.82, 2.24) is 4.57 Å². The second-order valence-electron chi connectivity index (χ2n) is 6.43. The van der Waals surface area contributed by atoms with E-state index in [0.717, 1.165) is 15.4 Å². The molecular weight excluding hydrogens is 438 g/mol. The molecule has 0 spiro atoms. The summed E-state index contributed by atoms with van der Waals surface area (Å²) in [5.41, 5.74) is 5.09. The Hall–Kier alpha value is -1.58. The lowest BCUT2D eigenvalue weighted by atomic mass is 10.1. The first-order chi connectivity index (χ1) is 12.2. The van der Waals surface area contributed by atoms with Crippen molar-refractivity contribution in [1.29, 1.82) is 0 Å². The first kappa shape index (κ1) is 16.9. The Morgan fingerprint density at radius 1 is 0.760 bits per heavy atom. The van der Waals surface area contributed by atoms with E-state index in [1.807, 2.05) is 0 Å². The summed E-state index contributed by atoms with van der Waals surface area (Å²) in [6.07, 6.45) is 3.64. The van der Waals surface area contributed by atoms with E-state index in [-0.39, 0.29) is 0 Å². The summed E-state index contributed by atoms with van der Waals surface area (Å²) in [5.74, 6) is 0. The van der Waals surface area contributed by atoms with Crippen molar-refractivity contribution in [2.45, 2.75) is 26.2 Å². The minimum Gasteiger partial charge on any atom is -0.309 e. The van der Waals surface area contributed by atoms with Gasteiger partial charge in [0.1, 0.15) is 0 Å². The molecule has 0 saturated heterocycles. The molecule has 0 N–H and O–H groups in total. The minimum atomic E-state index is 1.11. The normalized spacial score (nSPS) is 11.5. The van der Waals surface area contributed by atoms with E-state index in [1.165, 1.54) is 45.9 Å². The maximum atomic E-state index is 3.61. The molecule has 0 aliphatic carbocycles. The lowest BCUT2D eigenvalue weighted by Crippen LogP contribution is -1.94. The fraction of sp³-hybridized carbons (Fsp3) is 0.182. The van der Waals surface area contributed by atoms with Crippen LogP contribution in [0.2, 0.25) is 0 Å². The monoisotopic (exact) mass is 455 g/mol. The zero-order chi connectivity index (χ0) is 17.4. The summed E-state index contributed by atoms with van der Waals surface area (Å²) in [4.78, 5) is 0. The number of aryl methyl sites for hydroxylation is 1. The molecule has 126 valence electrons. The quantitative estimate of drug-likeness (QED) is 0.297. The van der Waals surface area contributed by atoms with Gasteiger partial charge in [0, 0.05) is 25.4 Å². The molecule has 3 heteroatoms. The number of hydrogen-bond donors (Lipinski definition) is 0. The van der Waals surface area contributed by atoms with Crippen molar-refractivity contribution < 1.29 is 0 Å². The van der Waals surface area contributed by atoms with Gasteiger partial charge in [-0.2, -0.15) is 0 Å². The highest BCUT2D eigenvalue weighted by molar-refractivity contribution is 9.10. The Morgan fingerprint density at radius 2 is 1.32 bits per heavy atom. The van der Waals surface area contributed by atoms with Crippen LogP contribution in [0.15, 0.2) is 69.6 Å². The first-order valence-electron chi connectivity index (χ1n) is 8.66. The summed E-state index contributed by atoms with van der Waals surface area (Å²) < 4.78 is 4.57. The molecule has 1 nitrogen and oxygen atoms in total. The second kappa shape index (κ2) is 6.97. The SMILES string of the molecule is CCCCc1ccc(-n2c3ccc(Br)cc3c3cc(Br)ccc32)cc1. The molecular formula is C22H19Br2N. The molecule has 4 rings (SSSR count). The van der Waals surface area contributed by atoms with Gasteiger partial charge < -0.3 is 4.57 Å². The number of rotatable bonds is 4. The van der Waals surface area contributed by atoms with Gasteiger partial charge >= 0.3 is 0 Å². The van der Waals surface area contributed by atoms with E-state index in [4.69, 9.17) is 0 Å². The number of unbranched alkanes of at least 4 members (excludes halogenated alkanes) is 1. The number of fused-ring (bicyclic) bond motifs is 3. The average Bonchev–Trinajstić information content (AvgIpc) is 2.93. The second-order valence-corrected chi connectivity index (χ2v) is 8.26. The van der Waals surface area contributed by atoms with Crippen LogP contribution in [0, 0.1) is 0 Å². The van der Waals surface area contributed by atoms with Crippen molar-refractivity contribution in [2.75, 3.05) is 0 Å². The molecule has 0 atom stereocenters. The van der Waals surface area contributed by atoms with Crippen LogP contribution in [0.25, 0.3) is 27.5 Å². The third-order valence-corrected chi connectivity index (χ3v) is 5.69. The zero-order valence-electron chi connectivity index (χ0n) is 14.1. The molecule has 0 amide bonds. The van der Waals surface area contributed by atoms with Gasteiger partial charge in [0.25, 0.3) is 0 Å². The van der Waals surface area contributed by atoms with Crippen LogP contribution < -0.4 is 0 Å². The van der Waals surface area contributed by atoms with Crippen LogP contribution in [0.5, 0.6) is 0 Å². The highest BCUT2D eigenvalue weighted by atomic mass is 79.9. The van der Waals surface area contributed by atoms with Gasteiger partial charge in [-0.05, 0) is 66.9 Å². The molecule has 0 aliphatic heterocycles. The van der Waals surface area contributed by atoms with Crippen molar-refractivity contribution >= 4 is 53.7 Å². The Morgan fingerprint density at radius 3 is 1.84 bits per heavy atom. The maximum absolute atomic E-state index is 3.61. The third kappa shape index (κ3) is 3.16. The number of halogens is 2. The Bertz CT molecular complexity index is 986. The molecule has 25 heavy (non-hydrogen) atoms. The van der Waals surface area contributed by atoms with Gasteiger partial charge in [-0.25, -0.2) is 0 Å². The molecule has 1 aromatic heterocycles. The lowest BCUT2D eigenvalue weighted by molar-refractivity contribution is 0.795. The summed E-state index contributed by atoms with van der Waals surface area (Å²) in [7, 11) is 0. The fourth-order valence-corrected chi connectivity index (χ4v) is 4.16. The van der Waals surface area contributed by atoms with Crippen LogP contribution in [-0.2, 0) is 6.42 Å². The predicted octanol–water partition coefficient (Wildman–Crippen LogP) is 7.65. The van der Waals surface area contributed by atoms with E-state index in [1.54, 1.807) is 0 Å². The van der Waals surface area contributed by atoms with Crippen molar-refractivity contribution in [3.05, 3.63) is 75.2 Å². The maximum Gasteiger partial charge on any atom is 0.0541 e. The van der Waals surface area contributed by atoms with Gasteiger partial charge in [0.15, 0.2) is 0 Å². The van der Waals surface area contributed by atoms with Gasteiger partial charge in [0.05, 0.1) is 11.0 Å². The topological polar surface area (TPSA) is 4.93 Å². The van der Waals surface area contributed by atoms with Crippen LogP contribution in [0.4, 0.5) is 0 Å². The Labute approximate surface area is 164 Å². The van der Waals surface area contributed by atoms with E-state index in [0.29, 0.717) is 0 Å². The standard InChI is InChI=1S/C22H19Br2N/c1-2-3-4-15-5-9-18(10-6-15)25-21-11-7-16(23)13-19(21)20-14-17(24)8-12-22(20)25/h5-14H,2-4H2,1H3. The van der Waals surface area contributed by atoms with E-state index < -0.39 is 0 Å². The lowest BCUT2D eigenvalue weighted by Gasteiger charge is -2.09. The first-order valence-corrected chi connectivity index (χ1v) is 10.2. The average molecular weight is 457 g/mol. The van der Waals surface area contributed by atoms with E-state index >= 15 is 0 Å². The van der Waals surface area contributed by atoms with Gasteiger partial charge in [-0.15, -0.1) is 0 Å². The molecule has 0 bridgehead atoms. The van der Waals surface area contributed by atoms with Crippen molar-refractivity contribution in [3.8, 4) is 5.69 Å².